The molecule has 0 saturated heterocycles. The molecule has 0 aliphatic heterocycles. The largest absolute Gasteiger partial charge is 0.497 e. The summed E-state index contributed by atoms with van der Waals surface area (Å²) < 4.78 is 34.0. The molecule has 8 nitrogen and oxygen atoms in total. The van der Waals surface area contributed by atoms with Crippen LogP contribution in [0, 0.1) is 6.92 Å². The van der Waals surface area contributed by atoms with E-state index >= 15 is 0 Å². The van der Waals surface area contributed by atoms with E-state index < -0.39 is 28.5 Å². The number of hydrogen-bond donors (Lipinski definition) is 1. The van der Waals surface area contributed by atoms with E-state index in [1.807, 2.05) is 31.2 Å². The highest BCUT2D eigenvalue weighted by atomic mass is 35.5. The number of anilines is 1. The highest BCUT2D eigenvalue weighted by Gasteiger charge is 2.33. The van der Waals surface area contributed by atoms with Gasteiger partial charge < -0.3 is 15.0 Å². The van der Waals surface area contributed by atoms with Gasteiger partial charge in [-0.15, -0.1) is 0 Å². The van der Waals surface area contributed by atoms with Gasteiger partial charge in [0.1, 0.15) is 18.3 Å². The summed E-state index contributed by atoms with van der Waals surface area (Å²) in [5.74, 6) is -0.260. The minimum absolute atomic E-state index is 0.00170. The maximum absolute atomic E-state index is 14.0. The van der Waals surface area contributed by atoms with Crippen molar-refractivity contribution >= 4 is 39.1 Å². The molecule has 1 N–H and O–H groups in total. The van der Waals surface area contributed by atoms with Crippen molar-refractivity contribution in [2.75, 3.05) is 18.0 Å². The zero-order chi connectivity index (χ0) is 29.6. The SMILES string of the molecule is COc1ccc(S(=O)(=O)N(CC(=O)N(Cc2ccc(C)cc2)C(C)C(=O)NC2CCCC2)c2ccc(Cl)cc2)cc1. The van der Waals surface area contributed by atoms with Crippen LogP contribution in [-0.4, -0.2) is 50.9 Å². The summed E-state index contributed by atoms with van der Waals surface area (Å²) >= 11 is 6.08. The molecular formula is C31H36ClN3O5S. The van der Waals surface area contributed by atoms with Crippen LogP contribution in [0.1, 0.15) is 43.7 Å². The van der Waals surface area contributed by atoms with Crippen molar-refractivity contribution in [3.05, 3.63) is 88.9 Å². The number of benzene rings is 3. The van der Waals surface area contributed by atoms with Crippen LogP contribution in [0.3, 0.4) is 0 Å². The van der Waals surface area contributed by atoms with E-state index in [9.17, 15) is 18.0 Å². The highest BCUT2D eigenvalue weighted by Crippen LogP contribution is 2.27. The van der Waals surface area contributed by atoms with Gasteiger partial charge >= 0.3 is 0 Å². The minimum Gasteiger partial charge on any atom is -0.497 e. The third-order valence-electron chi connectivity index (χ3n) is 7.38. The number of ether oxygens (including phenoxy) is 1. The third kappa shape index (κ3) is 7.59. The molecule has 3 aromatic rings. The fourth-order valence-electron chi connectivity index (χ4n) is 4.88. The number of halogens is 1. The number of rotatable bonds is 11. The zero-order valence-electron chi connectivity index (χ0n) is 23.5. The number of nitrogens with one attached hydrogen (secondary N) is 1. The first-order valence-corrected chi connectivity index (χ1v) is 15.5. The van der Waals surface area contributed by atoms with E-state index in [2.05, 4.69) is 5.32 Å². The lowest BCUT2D eigenvalue weighted by atomic mass is 10.1. The fraction of sp³-hybridized carbons (Fsp3) is 0.355. The monoisotopic (exact) mass is 597 g/mol. The molecule has 4 rings (SSSR count). The summed E-state index contributed by atoms with van der Waals surface area (Å²) in [5, 5.41) is 3.51. The van der Waals surface area contributed by atoms with Crippen LogP contribution in [0.4, 0.5) is 5.69 Å². The second kappa shape index (κ2) is 13.4. The Kier molecular flexibility index (Phi) is 9.94. The van der Waals surface area contributed by atoms with Crippen LogP contribution in [0.25, 0.3) is 0 Å². The molecule has 1 atom stereocenters. The van der Waals surface area contributed by atoms with E-state index in [0.29, 0.717) is 10.8 Å². The summed E-state index contributed by atoms with van der Waals surface area (Å²) in [5.41, 5.74) is 2.18. The molecule has 0 aromatic heterocycles. The number of hydrogen-bond acceptors (Lipinski definition) is 5. The Bertz CT molecular complexity index is 1440. The predicted molar refractivity (Wildman–Crippen MR) is 161 cm³/mol. The van der Waals surface area contributed by atoms with Crippen molar-refractivity contribution in [3.8, 4) is 5.75 Å². The maximum atomic E-state index is 14.0. The first-order chi connectivity index (χ1) is 19.6. The van der Waals surface area contributed by atoms with Crippen molar-refractivity contribution in [2.45, 2.75) is 63.1 Å². The van der Waals surface area contributed by atoms with Crippen LogP contribution in [0.15, 0.2) is 77.7 Å². The van der Waals surface area contributed by atoms with Gasteiger partial charge in [-0.2, -0.15) is 0 Å². The molecule has 1 aliphatic rings. The van der Waals surface area contributed by atoms with E-state index in [1.54, 1.807) is 43.3 Å². The summed E-state index contributed by atoms with van der Waals surface area (Å²) in [6, 6.07) is 19.2. The minimum atomic E-state index is -4.18. The van der Waals surface area contributed by atoms with Crippen molar-refractivity contribution in [3.63, 3.8) is 0 Å². The number of methoxy groups -OCH3 is 1. The third-order valence-corrected chi connectivity index (χ3v) is 9.42. The summed E-state index contributed by atoms with van der Waals surface area (Å²) in [6.45, 7) is 3.29. The average Bonchev–Trinajstić information content (AvgIpc) is 3.48. The van der Waals surface area contributed by atoms with Gasteiger partial charge in [-0.05, 0) is 80.8 Å². The second-order valence-corrected chi connectivity index (χ2v) is 12.6. The van der Waals surface area contributed by atoms with Gasteiger partial charge in [0.25, 0.3) is 10.0 Å². The number of amides is 2. The molecule has 2 amide bonds. The van der Waals surface area contributed by atoms with Gasteiger partial charge in [0.15, 0.2) is 0 Å². The van der Waals surface area contributed by atoms with Crippen LogP contribution in [-0.2, 0) is 26.2 Å². The lowest BCUT2D eigenvalue weighted by molar-refractivity contribution is -0.139. The number of carbonyl (C=O) groups is 2. The van der Waals surface area contributed by atoms with Crippen molar-refractivity contribution < 1.29 is 22.7 Å². The molecule has 218 valence electrons. The van der Waals surface area contributed by atoms with E-state index in [1.165, 1.54) is 24.1 Å². The van der Waals surface area contributed by atoms with Gasteiger partial charge in [0.05, 0.1) is 17.7 Å². The molecule has 3 aromatic carbocycles. The summed E-state index contributed by atoms with van der Waals surface area (Å²) in [6.07, 6.45) is 3.94. The van der Waals surface area contributed by atoms with Crippen LogP contribution >= 0.6 is 11.6 Å². The van der Waals surface area contributed by atoms with Crippen molar-refractivity contribution in [1.29, 1.82) is 0 Å². The van der Waals surface area contributed by atoms with Gasteiger partial charge in [0, 0.05) is 17.6 Å². The zero-order valence-corrected chi connectivity index (χ0v) is 25.1. The molecule has 0 spiro atoms. The fourth-order valence-corrected chi connectivity index (χ4v) is 6.42. The first-order valence-electron chi connectivity index (χ1n) is 13.7. The molecule has 1 unspecified atom stereocenters. The Balaban J connectivity index is 1.67. The van der Waals surface area contributed by atoms with Gasteiger partial charge in [-0.3, -0.25) is 13.9 Å². The Morgan fingerprint density at radius 2 is 1.59 bits per heavy atom. The number of carbonyl (C=O) groups excluding carboxylic acids is 2. The number of aryl methyl sites for hydroxylation is 1. The smallest absolute Gasteiger partial charge is 0.264 e. The lowest BCUT2D eigenvalue weighted by Gasteiger charge is -2.32. The molecule has 1 saturated carbocycles. The number of nitrogens with zero attached hydrogens (tertiary/aromatic N) is 2. The maximum Gasteiger partial charge on any atom is 0.264 e. The van der Waals surface area contributed by atoms with E-state index in [4.69, 9.17) is 16.3 Å². The highest BCUT2D eigenvalue weighted by molar-refractivity contribution is 7.92. The lowest BCUT2D eigenvalue weighted by Crippen LogP contribution is -2.52. The average molecular weight is 598 g/mol. The Morgan fingerprint density at radius 3 is 2.17 bits per heavy atom. The molecule has 10 heteroatoms. The molecule has 0 radical (unpaired) electrons. The van der Waals surface area contributed by atoms with E-state index in [0.717, 1.165) is 41.1 Å². The molecule has 1 aliphatic carbocycles. The van der Waals surface area contributed by atoms with Gasteiger partial charge in [0.2, 0.25) is 11.8 Å². The standard InChI is InChI=1S/C31H36ClN3O5S/c1-22-8-10-24(11-9-22)20-34(23(2)31(37)33-26-6-4-5-7-26)30(36)21-35(27-14-12-25(32)13-15-27)41(38,39)29-18-16-28(40-3)17-19-29/h8-19,23,26H,4-7,20-21H2,1-3H3,(H,33,37). The number of sulfonamides is 1. The predicted octanol–water partition coefficient (Wildman–Crippen LogP) is 5.33. The Labute approximate surface area is 247 Å². The topological polar surface area (TPSA) is 96.0 Å². The summed E-state index contributed by atoms with van der Waals surface area (Å²) in [7, 11) is -2.68. The second-order valence-electron chi connectivity index (χ2n) is 10.3. The van der Waals surface area contributed by atoms with E-state index in [-0.39, 0.29) is 29.1 Å². The molecule has 0 heterocycles. The first kappa shape index (κ1) is 30.4. The Hall–Kier alpha value is -3.56. The van der Waals surface area contributed by atoms with Crippen LogP contribution < -0.4 is 14.4 Å². The van der Waals surface area contributed by atoms with Crippen molar-refractivity contribution in [1.82, 2.24) is 10.2 Å². The molecular weight excluding hydrogens is 562 g/mol. The van der Waals surface area contributed by atoms with Gasteiger partial charge in [-0.1, -0.05) is 54.3 Å². The van der Waals surface area contributed by atoms with Gasteiger partial charge in [-0.25, -0.2) is 8.42 Å². The van der Waals surface area contributed by atoms with Crippen LogP contribution in [0.5, 0.6) is 5.75 Å². The molecule has 0 bridgehead atoms. The summed E-state index contributed by atoms with van der Waals surface area (Å²) in [4.78, 5) is 28.8. The molecule has 1 fully saturated rings. The van der Waals surface area contributed by atoms with Crippen LogP contribution in [0.2, 0.25) is 5.02 Å². The molecule has 41 heavy (non-hydrogen) atoms. The normalized spacial score (nSPS) is 14.3. The Morgan fingerprint density at radius 1 is 0.976 bits per heavy atom. The van der Waals surface area contributed by atoms with Crippen molar-refractivity contribution in [2.24, 2.45) is 0 Å². The quantitative estimate of drug-likeness (QED) is 0.322.